The van der Waals surface area contributed by atoms with Gasteiger partial charge >= 0.3 is 0 Å². The molecule has 0 bridgehead atoms. The molecule has 0 aliphatic carbocycles. The standard InChI is InChI=1S/C16H19NO/c18-16-12-6-8-14-17(16)13-7-2-5-11-15-9-3-1-4-10-15/h1,3-4,9-10H,2,6-8,12-14H2. The van der Waals surface area contributed by atoms with E-state index in [-0.39, 0.29) is 0 Å². The summed E-state index contributed by atoms with van der Waals surface area (Å²) in [4.78, 5) is 13.5. The van der Waals surface area contributed by atoms with Gasteiger partial charge in [-0.2, -0.15) is 0 Å². The van der Waals surface area contributed by atoms with Crippen LogP contribution in [-0.2, 0) is 4.79 Å². The Balaban J connectivity index is 1.70. The van der Waals surface area contributed by atoms with Crippen LogP contribution in [0, 0.1) is 11.8 Å². The minimum Gasteiger partial charge on any atom is -0.343 e. The highest BCUT2D eigenvalue weighted by Crippen LogP contribution is 2.10. The molecule has 1 aliphatic rings. The fourth-order valence-corrected chi connectivity index (χ4v) is 2.14. The van der Waals surface area contributed by atoms with Crippen molar-refractivity contribution < 1.29 is 4.79 Å². The number of amides is 1. The highest BCUT2D eigenvalue weighted by atomic mass is 16.2. The molecule has 0 aromatic heterocycles. The molecule has 2 heteroatoms. The fraction of sp³-hybridized carbons (Fsp3) is 0.438. The second-order valence-corrected chi connectivity index (χ2v) is 4.61. The summed E-state index contributed by atoms with van der Waals surface area (Å²) in [5.41, 5.74) is 1.06. The number of hydrogen-bond acceptors (Lipinski definition) is 1. The molecule has 1 aliphatic heterocycles. The Morgan fingerprint density at radius 3 is 2.78 bits per heavy atom. The van der Waals surface area contributed by atoms with E-state index in [1.54, 1.807) is 0 Å². The average Bonchev–Trinajstić information content (AvgIpc) is 2.42. The molecule has 0 saturated carbocycles. The number of carbonyl (C=O) groups is 1. The first-order valence-corrected chi connectivity index (χ1v) is 6.68. The number of carbonyl (C=O) groups excluding carboxylic acids is 1. The van der Waals surface area contributed by atoms with Crippen molar-refractivity contribution in [2.24, 2.45) is 0 Å². The summed E-state index contributed by atoms with van der Waals surface area (Å²) in [6.45, 7) is 1.80. The number of benzene rings is 1. The zero-order valence-corrected chi connectivity index (χ0v) is 10.7. The first-order chi connectivity index (χ1) is 8.86. The number of unbranched alkanes of at least 4 members (excludes halogenated alkanes) is 1. The highest BCUT2D eigenvalue weighted by Gasteiger charge is 2.16. The molecule has 1 heterocycles. The molecule has 0 N–H and O–H groups in total. The van der Waals surface area contributed by atoms with Gasteiger partial charge in [0.1, 0.15) is 0 Å². The quantitative estimate of drug-likeness (QED) is 0.588. The van der Waals surface area contributed by atoms with Crippen molar-refractivity contribution in [2.75, 3.05) is 13.1 Å². The normalized spacial score (nSPS) is 15.1. The van der Waals surface area contributed by atoms with Crippen LogP contribution < -0.4 is 0 Å². The third kappa shape index (κ3) is 3.92. The van der Waals surface area contributed by atoms with Crippen LogP contribution in [0.25, 0.3) is 0 Å². The van der Waals surface area contributed by atoms with Crippen molar-refractivity contribution in [3.8, 4) is 11.8 Å². The molecule has 0 radical (unpaired) electrons. The lowest BCUT2D eigenvalue weighted by Gasteiger charge is -2.26. The zero-order valence-electron chi connectivity index (χ0n) is 10.7. The van der Waals surface area contributed by atoms with E-state index in [1.807, 2.05) is 35.2 Å². The van der Waals surface area contributed by atoms with Crippen molar-refractivity contribution in [3.05, 3.63) is 35.9 Å². The molecule has 1 amide bonds. The molecule has 1 saturated heterocycles. The minimum atomic E-state index is 0.317. The fourth-order valence-electron chi connectivity index (χ4n) is 2.14. The monoisotopic (exact) mass is 241 g/mol. The van der Waals surface area contributed by atoms with Crippen LogP contribution in [0.15, 0.2) is 30.3 Å². The average molecular weight is 241 g/mol. The number of nitrogens with zero attached hydrogens (tertiary/aromatic N) is 1. The lowest BCUT2D eigenvalue weighted by Crippen LogP contribution is -2.35. The maximum absolute atomic E-state index is 11.6. The van der Waals surface area contributed by atoms with E-state index >= 15 is 0 Å². The molecule has 1 aromatic carbocycles. The third-order valence-electron chi connectivity index (χ3n) is 3.16. The summed E-state index contributed by atoms with van der Waals surface area (Å²) in [6, 6.07) is 10.0. The van der Waals surface area contributed by atoms with Gasteiger partial charge in [-0.15, -0.1) is 0 Å². The van der Waals surface area contributed by atoms with Crippen molar-refractivity contribution >= 4 is 5.91 Å². The van der Waals surface area contributed by atoms with Crippen LogP contribution in [0.3, 0.4) is 0 Å². The zero-order chi connectivity index (χ0) is 12.6. The van der Waals surface area contributed by atoms with Gasteiger partial charge in [0.25, 0.3) is 0 Å². The summed E-state index contributed by atoms with van der Waals surface area (Å²) in [6.07, 6.45) is 4.78. The predicted octanol–water partition coefficient (Wildman–Crippen LogP) is 2.83. The summed E-state index contributed by atoms with van der Waals surface area (Å²) in [5, 5.41) is 0. The van der Waals surface area contributed by atoms with E-state index in [1.165, 1.54) is 0 Å². The lowest BCUT2D eigenvalue weighted by atomic mass is 10.1. The number of hydrogen-bond donors (Lipinski definition) is 0. The third-order valence-corrected chi connectivity index (χ3v) is 3.16. The molecule has 1 fully saturated rings. The summed E-state index contributed by atoms with van der Waals surface area (Å²) in [7, 11) is 0. The Bertz CT molecular complexity index is 441. The van der Waals surface area contributed by atoms with Crippen LogP contribution >= 0.6 is 0 Å². The molecular weight excluding hydrogens is 222 g/mol. The Morgan fingerprint density at radius 2 is 2.00 bits per heavy atom. The second kappa shape index (κ2) is 6.86. The summed E-state index contributed by atoms with van der Waals surface area (Å²) >= 11 is 0. The summed E-state index contributed by atoms with van der Waals surface area (Å²) < 4.78 is 0. The molecular formula is C16H19NO. The number of piperidine rings is 1. The van der Waals surface area contributed by atoms with Crippen molar-refractivity contribution in [1.29, 1.82) is 0 Å². The van der Waals surface area contributed by atoms with Gasteiger partial charge in [-0.3, -0.25) is 4.79 Å². The van der Waals surface area contributed by atoms with E-state index in [0.29, 0.717) is 5.91 Å². The van der Waals surface area contributed by atoms with Crippen molar-refractivity contribution in [3.63, 3.8) is 0 Å². The van der Waals surface area contributed by atoms with Gasteiger partial charge in [0, 0.05) is 31.5 Å². The highest BCUT2D eigenvalue weighted by molar-refractivity contribution is 5.76. The van der Waals surface area contributed by atoms with Crippen molar-refractivity contribution in [1.82, 2.24) is 4.90 Å². The Labute approximate surface area is 109 Å². The van der Waals surface area contributed by atoms with Gasteiger partial charge in [-0.05, 0) is 31.4 Å². The van der Waals surface area contributed by atoms with E-state index in [9.17, 15) is 4.79 Å². The van der Waals surface area contributed by atoms with Crippen LogP contribution in [0.4, 0.5) is 0 Å². The second-order valence-electron chi connectivity index (χ2n) is 4.61. The van der Waals surface area contributed by atoms with Crippen LogP contribution in [0.2, 0.25) is 0 Å². The molecule has 2 nitrogen and oxygen atoms in total. The van der Waals surface area contributed by atoms with Gasteiger partial charge in [0.2, 0.25) is 5.91 Å². The molecule has 18 heavy (non-hydrogen) atoms. The van der Waals surface area contributed by atoms with Crippen LogP contribution in [0.1, 0.15) is 37.7 Å². The van der Waals surface area contributed by atoms with Gasteiger partial charge in [0.05, 0.1) is 0 Å². The SMILES string of the molecule is O=C1CCCCN1CCCC#Cc1ccccc1. The van der Waals surface area contributed by atoms with Crippen molar-refractivity contribution in [2.45, 2.75) is 32.1 Å². The van der Waals surface area contributed by atoms with Gasteiger partial charge in [-0.25, -0.2) is 0 Å². The van der Waals surface area contributed by atoms with E-state index in [2.05, 4.69) is 11.8 Å². The molecule has 0 spiro atoms. The van der Waals surface area contributed by atoms with E-state index in [4.69, 9.17) is 0 Å². The Kier molecular flexibility index (Phi) is 4.84. The van der Waals surface area contributed by atoms with Gasteiger partial charge < -0.3 is 4.90 Å². The van der Waals surface area contributed by atoms with Gasteiger partial charge in [-0.1, -0.05) is 30.0 Å². The Morgan fingerprint density at radius 1 is 1.17 bits per heavy atom. The van der Waals surface area contributed by atoms with Gasteiger partial charge in [0.15, 0.2) is 0 Å². The molecule has 94 valence electrons. The smallest absolute Gasteiger partial charge is 0.222 e. The predicted molar refractivity (Wildman–Crippen MR) is 73.0 cm³/mol. The molecule has 0 atom stereocenters. The van der Waals surface area contributed by atoms with E-state index in [0.717, 1.165) is 50.8 Å². The number of rotatable bonds is 3. The minimum absolute atomic E-state index is 0.317. The topological polar surface area (TPSA) is 20.3 Å². The largest absolute Gasteiger partial charge is 0.343 e. The number of likely N-dealkylation sites (tertiary alicyclic amines) is 1. The summed E-state index contributed by atoms with van der Waals surface area (Å²) in [5.74, 6) is 6.63. The van der Waals surface area contributed by atoms with Crippen LogP contribution in [-0.4, -0.2) is 23.9 Å². The Hall–Kier alpha value is -1.75. The lowest BCUT2D eigenvalue weighted by molar-refractivity contribution is -0.133. The first kappa shape index (κ1) is 12.7. The van der Waals surface area contributed by atoms with Crippen LogP contribution in [0.5, 0.6) is 0 Å². The molecule has 1 aromatic rings. The van der Waals surface area contributed by atoms with E-state index < -0.39 is 0 Å². The molecule has 0 unspecified atom stereocenters. The maximum Gasteiger partial charge on any atom is 0.222 e. The maximum atomic E-state index is 11.6. The molecule has 2 rings (SSSR count). The first-order valence-electron chi connectivity index (χ1n) is 6.68.